The summed E-state index contributed by atoms with van der Waals surface area (Å²) in [7, 11) is 0. The molecule has 0 aliphatic carbocycles. The minimum absolute atomic E-state index is 0.303. The minimum atomic E-state index is 0.303. The number of rotatable bonds is 2. The average Bonchev–Trinajstić information content (AvgIpc) is 2.61. The number of aryl methyl sites for hydroxylation is 2. The predicted octanol–water partition coefficient (Wildman–Crippen LogP) is 2.17. The maximum atomic E-state index is 5.67. The van der Waals surface area contributed by atoms with Crippen molar-refractivity contribution in [3.8, 4) is 0 Å². The van der Waals surface area contributed by atoms with Crippen LogP contribution in [0.15, 0.2) is 18.5 Å². The normalized spacial score (nSPS) is 13.3. The Kier molecular flexibility index (Phi) is 2.49. The first-order valence-corrected chi connectivity index (χ1v) is 5.27. The Morgan fingerprint density at radius 3 is 2.67 bits per heavy atom. The van der Waals surface area contributed by atoms with Crippen molar-refractivity contribution >= 4 is 11.0 Å². The summed E-state index contributed by atoms with van der Waals surface area (Å²) in [5.41, 5.74) is 10.5. The van der Waals surface area contributed by atoms with Crippen molar-refractivity contribution in [3.63, 3.8) is 0 Å². The SMILES string of the molecule is Cc1cc2ncn([C@H](C)CN)c2cc1C. The highest BCUT2D eigenvalue weighted by Crippen LogP contribution is 2.20. The highest BCUT2D eigenvalue weighted by atomic mass is 15.1. The molecule has 2 aromatic rings. The van der Waals surface area contributed by atoms with Crippen LogP contribution in [0.25, 0.3) is 11.0 Å². The molecular weight excluding hydrogens is 186 g/mol. The van der Waals surface area contributed by atoms with Crippen LogP contribution < -0.4 is 5.73 Å². The van der Waals surface area contributed by atoms with Gasteiger partial charge in [-0.3, -0.25) is 0 Å². The molecule has 1 aromatic carbocycles. The molecule has 1 atom stereocenters. The molecule has 2 N–H and O–H groups in total. The largest absolute Gasteiger partial charge is 0.328 e. The lowest BCUT2D eigenvalue weighted by Crippen LogP contribution is -2.15. The van der Waals surface area contributed by atoms with Crippen molar-refractivity contribution in [1.29, 1.82) is 0 Å². The van der Waals surface area contributed by atoms with Gasteiger partial charge in [0, 0.05) is 12.6 Å². The standard InChI is InChI=1S/C12H17N3/c1-8-4-11-12(5-9(8)2)15(7-14-11)10(3)6-13/h4-5,7,10H,6,13H2,1-3H3/t10-/m1/s1. The van der Waals surface area contributed by atoms with Crippen molar-refractivity contribution in [3.05, 3.63) is 29.6 Å². The molecule has 0 saturated heterocycles. The second kappa shape index (κ2) is 3.66. The lowest BCUT2D eigenvalue weighted by atomic mass is 10.1. The Morgan fingerprint density at radius 1 is 1.33 bits per heavy atom. The van der Waals surface area contributed by atoms with E-state index < -0.39 is 0 Å². The summed E-state index contributed by atoms with van der Waals surface area (Å²) in [5.74, 6) is 0. The Balaban J connectivity index is 2.64. The molecule has 0 radical (unpaired) electrons. The number of nitrogens with zero attached hydrogens (tertiary/aromatic N) is 2. The van der Waals surface area contributed by atoms with Crippen LogP contribution in [-0.4, -0.2) is 16.1 Å². The monoisotopic (exact) mass is 203 g/mol. The van der Waals surface area contributed by atoms with Crippen molar-refractivity contribution in [2.45, 2.75) is 26.8 Å². The van der Waals surface area contributed by atoms with Gasteiger partial charge in [0.25, 0.3) is 0 Å². The topological polar surface area (TPSA) is 43.8 Å². The first kappa shape index (κ1) is 10.2. The van der Waals surface area contributed by atoms with E-state index in [9.17, 15) is 0 Å². The molecule has 80 valence electrons. The van der Waals surface area contributed by atoms with Gasteiger partial charge in [0.1, 0.15) is 0 Å². The quantitative estimate of drug-likeness (QED) is 0.813. The van der Waals surface area contributed by atoms with E-state index >= 15 is 0 Å². The molecule has 0 aliphatic heterocycles. The summed E-state index contributed by atoms with van der Waals surface area (Å²) in [6, 6.07) is 4.62. The molecule has 0 aliphatic rings. The number of hydrogen-bond donors (Lipinski definition) is 1. The molecule has 15 heavy (non-hydrogen) atoms. The van der Waals surface area contributed by atoms with Crippen LogP contribution in [0.1, 0.15) is 24.1 Å². The zero-order chi connectivity index (χ0) is 11.0. The van der Waals surface area contributed by atoms with Gasteiger partial charge in [-0.1, -0.05) is 0 Å². The molecule has 0 unspecified atom stereocenters. The van der Waals surface area contributed by atoms with Crippen LogP contribution in [0.2, 0.25) is 0 Å². The van der Waals surface area contributed by atoms with Gasteiger partial charge in [0.15, 0.2) is 0 Å². The summed E-state index contributed by atoms with van der Waals surface area (Å²) >= 11 is 0. The van der Waals surface area contributed by atoms with E-state index in [1.54, 1.807) is 0 Å². The lowest BCUT2D eigenvalue weighted by Gasteiger charge is -2.12. The van der Waals surface area contributed by atoms with Crippen molar-refractivity contribution in [2.75, 3.05) is 6.54 Å². The molecule has 2 rings (SSSR count). The van der Waals surface area contributed by atoms with E-state index in [4.69, 9.17) is 5.73 Å². The van der Waals surface area contributed by atoms with Gasteiger partial charge in [0.2, 0.25) is 0 Å². The van der Waals surface area contributed by atoms with E-state index in [1.165, 1.54) is 16.6 Å². The molecular formula is C12H17N3. The number of benzene rings is 1. The zero-order valence-corrected chi connectivity index (χ0v) is 9.49. The van der Waals surface area contributed by atoms with Gasteiger partial charge in [-0.2, -0.15) is 0 Å². The van der Waals surface area contributed by atoms with Crippen LogP contribution >= 0.6 is 0 Å². The van der Waals surface area contributed by atoms with Gasteiger partial charge in [0.05, 0.1) is 17.4 Å². The summed E-state index contributed by atoms with van der Waals surface area (Å²) in [6.45, 7) is 6.98. The molecule has 0 bridgehead atoms. The summed E-state index contributed by atoms with van der Waals surface area (Å²) in [6.07, 6.45) is 1.88. The fourth-order valence-corrected chi connectivity index (χ4v) is 1.75. The van der Waals surface area contributed by atoms with Crippen molar-refractivity contribution in [2.24, 2.45) is 5.73 Å². The first-order chi connectivity index (χ1) is 7.13. The molecule has 0 fully saturated rings. The molecule has 1 heterocycles. The van der Waals surface area contributed by atoms with Crippen LogP contribution in [0.3, 0.4) is 0 Å². The van der Waals surface area contributed by atoms with E-state index in [2.05, 4.69) is 42.5 Å². The predicted molar refractivity (Wildman–Crippen MR) is 63.0 cm³/mol. The van der Waals surface area contributed by atoms with Crippen LogP contribution in [0.4, 0.5) is 0 Å². The van der Waals surface area contributed by atoms with Gasteiger partial charge >= 0.3 is 0 Å². The third-order valence-electron chi connectivity index (χ3n) is 3.01. The number of hydrogen-bond acceptors (Lipinski definition) is 2. The Bertz CT molecular complexity index is 485. The van der Waals surface area contributed by atoms with E-state index in [0.717, 1.165) is 5.52 Å². The third-order valence-corrected chi connectivity index (χ3v) is 3.01. The maximum absolute atomic E-state index is 5.67. The number of nitrogens with two attached hydrogens (primary N) is 1. The number of imidazole rings is 1. The zero-order valence-electron chi connectivity index (χ0n) is 9.49. The summed E-state index contributed by atoms with van der Waals surface area (Å²) < 4.78 is 2.14. The van der Waals surface area contributed by atoms with Crippen LogP contribution in [0, 0.1) is 13.8 Å². The Morgan fingerprint density at radius 2 is 2.00 bits per heavy atom. The van der Waals surface area contributed by atoms with Gasteiger partial charge < -0.3 is 10.3 Å². The second-order valence-corrected chi connectivity index (χ2v) is 4.16. The molecule has 1 aromatic heterocycles. The van der Waals surface area contributed by atoms with Gasteiger partial charge in [-0.25, -0.2) is 4.98 Å². The van der Waals surface area contributed by atoms with Crippen molar-refractivity contribution < 1.29 is 0 Å². The molecule has 3 heteroatoms. The highest BCUT2D eigenvalue weighted by Gasteiger charge is 2.08. The van der Waals surface area contributed by atoms with Gasteiger partial charge in [-0.15, -0.1) is 0 Å². The Hall–Kier alpha value is -1.35. The third kappa shape index (κ3) is 1.63. The van der Waals surface area contributed by atoms with Crippen molar-refractivity contribution in [1.82, 2.24) is 9.55 Å². The molecule has 0 saturated carbocycles. The maximum Gasteiger partial charge on any atom is 0.0961 e. The minimum Gasteiger partial charge on any atom is -0.328 e. The fourth-order valence-electron chi connectivity index (χ4n) is 1.75. The van der Waals surface area contributed by atoms with Crippen LogP contribution in [0.5, 0.6) is 0 Å². The van der Waals surface area contributed by atoms with E-state index in [-0.39, 0.29) is 0 Å². The highest BCUT2D eigenvalue weighted by molar-refractivity contribution is 5.77. The van der Waals surface area contributed by atoms with Crippen LogP contribution in [-0.2, 0) is 0 Å². The van der Waals surface area contributed by atoms with E-state index in [1.807, 2.05) is 6.33 Å². The van der Waals surface area contributed by atoms with Gasteiger partial charge in [-0.05, 0) is 44.0 Å². The average molecular weight is 203 g/mol. The molecule has 0 amide bonds. The Labute approximate surface area is 89.9 Å². The lowest BCUT2D eigenvalue weighted by molar-refractivity contribution is 0.573. The first-order valence-electron chi connectivity index (χ1n) is 5.27. The molecule has 0 spiro atoms. The number of aromatic nitrogens is 2. The molecule has 3 nitrogen and oxygen atoms in total. The summed E-state index contributed by atoms with van der Waals surface area (Å²) in [4.78, 5) is 4.40. The second-order valence-electron chi connectivity index (χ2n) is 4.16. The van der Waals surface area contributed by atoms with E-state index in [0.29, 0.717) is 12.6 Å². The fraction of sp³-hybridized carbons (Fsp3) is 0.417. The summed E-state index contributed by atoms with van der Waals surface area (Å²) in [5, 5.41) is 0. The smallest absolute Gasteiger partial charge is 0.0961 e. The number of fused-ring (bicyclic) bond motifs is 1.